The van der Waals surface area contributed by atoms with Gasteiger partial charge in [0.1, 0.15) is 0 Å². The maximum atomic E-state index is 11.7. The van der Waals surface area contributed by atoms with Crippen molar-refractivity contribution < 1.29 is 22.7 Å². The molecular formula is C12H14N2O5S. The largest absolute Gasteiger partial charge is 0.452 e. The van der Waals surface area contributed by atoms with E-state index in [2.05, 4.69) is 16.6 Å². The summed E-state index contributed by atoms with van der Waals surface area (Å²) in [6, 6.07) is 5.31. The van der Waals surface area contributed by atoms with Gasteiger partial charge >= 0.3 is 5.97 Å². The molecule has 1 amide bonds. The number of amides is 1. The Morgan fingerprint density at radius 1 is 1.40 bits per heavy atom. The van der Waals surface area contributed by atoms with Crippen molar-refractivity contribution in [2.45, 2.75) is 4.90 Å². The summed E-state index contributed by atoms with van der Waals surface area (Å²) >= 11 is 0. The Morgan fingerprint density at radius 3 is 2.70 bits per heavy atom. The van der Waals surface area contributed by atoms with Crippen LogP contribution >= 0.6 is 0 Å². The zero-order valence-corrected chi connectivity index (χ0v) is 11.6. The Kier molecular flexibility index (Phi) is 5.42. The maximum Gasteiger partial charge on any atom is 0.338 e. The summed E-state index contributed by atoms with van der Waals surface area (Å²) in [5.41, 5.74) is 0.0349. The van der Waals surface area contributed by atoms with E-state index in [1.165, 1.54) is 31.3 Å². The summed E-state index contributed by atoms with van der Waals surface area (Å²) < 4.78 is 30.0. The molecule has 0 bridgehead atoms. The van der Waals surface area contributed by atoms with Crippen molar-refractivity contribution in [2.24, 2.45) is 0 Å². The van der Waals surface area contributed by atoms with Gasteiger partial charge in [0.2, 0.25) is 10.0 Å². The topological polar surface area (TPSA) is 102 Å². The Labute approximate surface area is 116 Å². The standard InChI is InChI=1S/C12H14N2O5S/c1-3-14-11(15)8-19-12(16)9-5-4-6-10(7-9)20(17,18)13-2/h3-7,13H,1,8H2,2H3,(H,14,15). The van der Waals surface area contributed by atoms with Gasteiger partial charge in [0.15, 0.2) is 6.61 Å². The summed E-state index contributed by atoms with van der Waals surface area (Å²) in [5.74, 6) is -1.33. The van der Waals surface area contributed by atoms with Crippen LogP contribution in [0.1, 0.15) is 10.4 Å². The monoisotopic (exact) mass is 298 g/mol. The molecule has 0 saturated heterocycles. The summed E-state index contributed by atoms with van der Waals surface area (Å²) in [5, 5.41) is 2.24. The smallest absolute Gasteiger partial charge is 0.338 e. The van der Waals surface area contributed by atoms with Gasteiger partial charge in [-0.15, -0.1) is 0 Å². The highest BCUT2D eigenvalue weighted by Gasteiger charge is 2.15. The molecular weight excluding hydrogens is 284 g/mol. The molecule has 0 aliphatic carbocycles. The number of carbonyl (C=O) groups is 2. The van der Waals surface area contributed by atoms with Crippen LogP contribution in [0, 0.1) is 0 Å². The van der Waals surface area contributed by atoms with Crippen LogP contribution in [0.15, 0.2) is 41.9 Å². The highest BCUT2D eigenvalue weighted by molar-refractivity contribution is 7.89. The molecule has 0 unspecified atom stereocenters. The third-order valence-electron chi connectivity index (χ3n) is 2.25. The molecule has 0 aliphatic rings. The minimum atomic E-state index is -3.64. The first-order valence-corrected chi connectivity index (χ1v) is 7.00. The first-order chi connectivity index (χ1) is 9.40. The predicted molar refractivity (Wildman–Crippen MR) is 71.3 cm³/mol. The van der Waals surface area contributed by atoms with Crippen molar-refractivity contribution in [2.75, 3.05) is 13.7 Å². The SMILES string of the molecule is C=CNC(=O)COC(=O)c1cccc(S(=O)(=O)NC)c1. The maximum absolute atomic E-state index is 11.7. The average Bonchev–Trinajstić information content (AvgIpc) is 2.45. The number of hydrogen-bond donors (Lipinski definition) is 2. The first-order valence-electron chi connectivity index (χ1n) is 5.51. The lowest BCUT2D eigenvalue weighted by atomic mass is 10.2. The summed E-state index contributed by atoms with van der Waals surface area (Å²) in [4.78, 5) is 22.7. The minimum absolute atomic E-state index is 0.0349. The second-order valence-corrected chi connectivity index (χ2v) is 5.47. The molecule has 2 N–H and O–H groups in total. The fourth-order valence-corrected chi connectivity index (χ4v) is 2.05. The zero-order chi connectivity index (χ0) is 15.2. The van der Waals surface area contributed by atoms with E-state index in [0.717, 1.165) is 6.20 Å². The van der Waals surface area contributed by atoms with Gasteiger partial charge in [-0.25, -0.2) is 17.9 Å². The van der Waals surface area contributed by atoms with Crippen LogP contribution in [0.3, 0.4) is 0 Å². The highest BCUT2D eigenvalue weighted by Crippen LogP contribution is 2.12. The van der Waals surface area contributed by atoms with Crippen LogP contribution in [0.2, 0.25) is 0 Å². The number of ether oxygens (including phenoxy) is 1. The Bertz CT molecular complexity index is 624. The lowest BCUT2D eigenvalue weighted by Crippen LogP contribution is -2.24. The fourth-order valence-electron chi connectivity index (χ4n) is 1.28. The molecule has 20 heavy (non-hydrogen) atoms. The van der Waals surface area contributed by atoms with E-state index in [1.54, 1.807) is 0 Å². The van der Waals surface area contributed by atoms with Gasteiger partial charge in [0.05, 0.1) is 10.5 Å². The average molecular weight is 298 g/mol. The molecule has 8 heteroatoms. The molecule has 1 aromatic carbocycles. The zero-order valence-electron chi connectivity index (χ0n) is 10.8. The number of esters is 1. The number of nitrogens with one attached hydrogen (secondary N) is 2. The van der Waals surface area contributed by atoms with Crippen molar-refractivity contribution in [3.63, 3.8) is 0 Å². The van der Waals surface area contributed by atoms with E-state index in [0.29, 0.717) is 0 Å². The van der Waals surface area contributed by atoms with Gasteiger partial charge in [-0.05, 0) is 31.4 Å². The molecule has 108 valence electrons. The molecule has 1 aromatic rings. The molecule has 1 rings (SSSR count). The second kappa shape index (κ2) is 6.83. The predicted octanol–water partition coefficient (Wildman–Crippen LogP) is 0.0112. The van der Waals surface area contributed by atoms with Crippen molar-refractivity contribution in [1.82, 2.24) is 10.0 Å². The van der Waals surface area contributed by atoms with Gasteiger partial charge in [-0.1, -0.05) is 12.6 Å². The number of hydrogen-bond acceptors (Lipinski definition) is 5. The number of carbonyl (C=O) groups excluding carboxylic acids is 2. The van der Waals surface area contributed by atoms with Crippen molar-refractivity contribution in [1.29, 1.82) is 0 Å². The summed E-state index contributed by atoms with van der Waals surface area (Å²) in [6.07, 6.45) is 1.16. The van der Waals surface area contributed by atoms with Crippen molar-refractivity contribution in [3.05, 3.63) is 42.6 Å². The Hall–Kier alpha value is -2.19. The molecule has 0 radical (unpaired) electrons. The van der Waals surface area contributed by atoms with Crippen LogP contribution in [0.5, 0.6) is 0 Å². The lowest BCUT2D eigenvalue weighted by Gasteiger charge is -2.06. The normalized spacial score (nSPS) is 10.7. The third-order valence-corrected chi connectivity index (χ3v) is 3.66. The Balaban J connectivity index is 2.82. The van der Waals surface area contributed by atoms with E-state index >= 15 is 0 Å². The summed E-state index contributed by atoms with van der Waals surface area (Å²) in [6.45, 7) is 2.81. The highest BCUT2D eigenvalue weighted by atomic mass is 32.2. The van der Waals surface area contributed by atoms with E-state index in [1.807, 2.05) is 0 Å². The number of rotatable bonds is 6. The summed E-state index contributed by atoms with van der Waals surface area (Å²) in [7, 11) is -2.38. The van der Waals surface area contributed by atoms with Crippen molar-refractivity contribution in [3.8, 4) is 0 Å². The van der Waals surface area contributed by atoms with E-state index < -0.39 is 28.5 Å². The second-order valence-electron chi connectivity index (χ2n) is 3.58. The fraction of sp³-hybridized carbons (Fsp3) is 0.167. The van der Waals surface area contributed by atoms with Gasteiger partial charge < -0.3 is 10.1 Å². The first kappa shape index (κ1) is 15.9. The van der Waals surface area contributed by atoms with E-state index in [9.17, 15) is 18.0 Å². The molecule has 0 spiro atoms. The molecule has 0 atom stereocenters. The third kappa shape index (κ3) is 4.18. The van der Waals surface area contributed by atoms with Crippen LogP contribution < -0.4 is 10.0 Å². The molecule has 0 aromatic heterocycles. The van der Waals surface area contributed by atoms with E-state index in [-0.39, 0.29) is 10.5 Å². The van der Waals surface area contributed by atoms with E-state index in [4.69, 9.17) is 4.74 Å². The molecule has 7 nitrogen and oxygen atoms in total. The lowest BCUT2D eigenvalue weighted by molar-refractivity contribution is -0.123. The molecule has 0 aliphatic heterocycles. The van der Waals surface area contributed by atoms with Gasteiger partial charge in [-0.2, -0.15) is 0 Å². The number of benzene rings is 1. The quantitative estimate of drug-likeness (QED) is 0.720. The van der Waals surface area contributed by atoms with Crippen LogP contribution in [0.4, 0.5) is 0 Å². The van der Waals surface area contributed by atoms with Gasteiger partial charge in [0.25, 0.3) is 5.91 Å². The minimum Gasteiger partial charge on any atom is -0.452 e. The van der Waals surface area contributed by atoms with Crippen LogP contribution in [-0.2, 0) is 19.6 Å². The molecule has 0 heterocycles. The van der Waals surface area contributed by atoms with Crippen LogP contribution in [-0.4, -0.2) is 33.9 Å². The van der Waals surface area contributed by atoms with Gasteiger partial charge in [0, 0.05) is 0 Å². The van der Waals surface area contributed by atoms with Crippen LogP contribution in [0.25, 0.3) is 0 Å². The Morgan fingerprint density at radius 2 is 2.10 bits per heavy atom. The molecule has 0 saturated carbocycles. The van der Waals surface area contributed by atoms with Gasteiger partial charge in [-0.3, -0.25) is 4.79 Å². The van der Waals surface area contributed by atoms with Crippen molar-refractivity contribution >= 4 is 21.9 Å². The molecule has 0 fully saturated rings. The number of sulfonamides is 1.